The highest BCUT2D eigenvalue weighted by Gasteiger charge is 2.18. The third kappa shape index (κ3) is 4.46. The number of nitrogens with one attached hydrogen (secondary N) is 1. The number of allylic oxidation sites excluding steroid dienone is 1. The number of amides is 1. The van der Waals surface area contributed by atoms with Crippen molar-refractivity contribution in [1.29, 1.82) is 0 Å². The summed E-state index contributed by atoms with van der Waals surface area (Å²) in [5.41, 5.74) is 0.985. The third-order valence-corrected chi connectivity index (χ3v) is 5.55. The average Bonchev–Trinajstić information content (AvgIpc) is 3.26. The van der Waals surface area contributed by atoms with Crippen molar-refractivity contribution in [2.75, 3.05) is 11.1 Å². The first kappa shape index (κ1) is 19.8. The minimum atomic E-state index is -0.529. The maximum Gasteiger partial charge on any atom is 0.292 e. The molecule has 0 saturated heterocycles. The van der Waals surface area contributed by atoms with Gasteiger partial charge in [0.25, 0.3) is 5.69 Å². The van der Waals surface area contributed by atoms with Gasteiger partial charge in [0.15, 0.2) is 11.0 Å². The lowest BCUT2D eigenvalue weighted by Crippen LogP contribution is -2.15. The van der Waals surface area contributed by atoms with E-state index in [1.54, 1.807) is 29.5 Å². The van der Waals surface area contributed by atoms with Crippen LogP contribution in [-0.2, 0) is 11.3 Å². The molecule has 3 aromatic rings. The molecule has 0 radical (unpaired) electrons. The summed E-state index contributed by atoms with van der Waals surface area (Å²) in [6.07, 6.45) is 1.74. The molecule has 0 aliphatic heterocycles. The summed E-state index contributed by atoms with van der Waals surface area (Å²) in [5.74, 6) is 0.399. The topological polar surface area (TPSA) is 103 Å². The molecular formula is C18H17N5O3S2. The Morgan fingerprint density at radius 2 is 2.21 bits per heavy atom. The zero-order chi connectivity index (χ0) is 20.1. The first-order chi connectivity index (χ1) is 13.5. The number of hydrogen-bond donors (Lipinski definition) is 1. The monoisotopic (exact) mass is 415 g/mol. The molecule has 1 aromatic carbocycles. The van der Waals surface area contributed by atoms with Gasteiger partial charge in [0.05, 0.1) is 10.7 Å². The van der Waals surface area contributed by atoms with Crippen molar-refractivity contribution in [3.63, 3.8) is 0 Å². The third-order valence-electron chi connectivity index (χ3n) is 3.72. The fourth-order valence-electron chi connectivity index (χ4n) is 2.52. The predicted molar refractivity (Wildman–Crippen MR) is 111 cm³/mol. The fraction of sp³-hybridized carbons (Fsp3) is 0.167. The molecule has 2 heterocycles. The number of rotatable bonds is 8. The van der Waals surface area contributed by atoms with Crippen molar-refractivity contribution in [1.82, 2.24) is 14.8 Å². The molecule has 0 saturated carbocycles. The summed E-state index contributed by atoms with van der Waals surface area (Å²) in [6.45, 7) is 6.29. The molecule has 2 aromatic heterocycles. The molecule has 1 N–H and O–H groups in total. The normalized spacial score (nSPS) is 10.6. The van der Waals surface area contributed by atoms with E-state index in [9.17, 15) is 14.9 Å². The van der Waals surface area contributed by atoms with Crippen molar-refractivity contribution in [2.24, 2.45) is 0 Å². The Kier molecular flexibility index (Phi) is 6.22. The van der Waals surface area contributed by atoms with Crippen LogP contribution in [0.2, 0.25) is 0 Å². The molecule has 10 heteroatoms. The summed E-state index contributed by atoms with van der Waals surface area (Å²) in [7, 11) is 0. The lowest BCUT2D eigenvalue weighted by Gasteiger charge is -2.07. The predicted octanol–water partition coefficient (Wildman–Crippen LogP) is 4.14. The van der Waals surface area contributed by atoms with Gasteiger partial charge in [-0.05, 0) is 19.1 Å². The van der Waals surface area contributed by atoms with Crippen molar-refractivity contribution in [3.05, 3.63) is 63.4 Å². The number of carbonyl (C=O) groups excluding carboxylic acids is 1. The number of thiophene rings is 1. The number of nitro benzene ring substituents is 1. The number of aryl methyl sites for hydroxylation is 1. The molecule has 144 valence electrons. The first-order valence-electron chi connectivity index (χ1n) is 8.25. The van der Waals surface area contributed by atoms with Crippen LogP contribution < -0.4 is 5.32 Å². The second-order valence-electron chi connectivity index (χ2n) is 5.76. The van der Waals surface area contributed by atoms with Gasteiger partial charge in [-0.25, -0.2) is 0 Å². The van der Waals surface area contributed by atoms with E-state index >= 15 is 0 Å². The maximum absolute atomic E-state index is 12.3. The Morgan fingerprint density at radius 1 is 1.43 bits per heavy atom. The molecule has 3 rings (SSSR count). The Hall–Kier alpha value is -2.98. The van der Waals surface area contributed by atoms with Gasteiger partial charge >= 0.3 is 0 Å². The summed E-state index contributed by atoms with van der Waals surface area (Å²) in [4.78, 5) is 24.0. The van der Waals surface area contributed by atoms with Crippen LogP contribution in [0.1, 0.15) is 4.88 Å². The quantitative estimate of drug-likeness (QED) is 0.257. The standard InChI is InChI=1S/C18H17N5O3S2/c1-3-8-22-17(13-9-12(2)27-10-13)20-21-18(22)28-11-16(24)19-14-6-4-5-7-15(14)23(25)26/h3-7,9-10H,1,8,11H2,2H3,(H,19,24). The van der Waals surface area contributed by atoms with E-state index in [0.717, 1.165) is 5.56 Å². The number of benzene rings is 1. The Bertz CT molecular complexity index is 1030. The Balaban J connectivity index is 1.72. The van der Waals surface area contributed by atoms with Gasteiger partial charge in [-0.2, -0.15) is 0 Å². The highest BCUT2D eigenvalue weighted by atomic mass is 32.2. The van der Waals surface area contributed by atoms with Crippen LogP contribution in [0, 0.1) is 17.0 Å². The number of para-hydroxylation sites is 2. The molecule has 0 aliphatic carbocycles. The molecule has 0 fully saturated rings. The number of aromatic nitrogens is 3. The summed E-state index contributed by atoms with van der Waals surface area (Å²) in [5, 5.41) is 24.7. The van der Waals surface area contributed by atoms with E-state index in [1.165, 1.54) is 28.8 Å². The van der Waals surface area contributed by atoms with E-state index in [-0.39, 0.29) is 23.0 Å². The minimum Gasteiger partial charge on any atom is -0.320 e. The largest absolute Gasteiger partial charge is 0.320 e. The Morgan fingerprint density at radius 3 is 2.89 bits per heavy atom. The van der Waals surface area contributed by atoms with Gasteiger partial charge in [-0.15, -0.1) is 28.1 Å². The molecule has 8 nitrogen and oxygen atoms in total. The van der Waals surface area contributed by atoms with Crippen LogP contribution in [0.4, 0.5) is 11.4 Å². The molecule has 0 unspecified atom stereocenters. The van der Waals surface area contributed by atoms with E-state index in [4.69, 9.17) is 0 Å². The number of anilines is 1. The van der Waals surface area contributed by atoms with Crippen LogP contribution in [-0.4, -0.2) is 31.3 Å². The van der Waals surface area contributed by atoms with Crippen LogP contribution in [0.25, 0.3) is 11.4 Å². The van der Waals surface area contributed by atoms with Crippen molar-refractivity contribution in [3.8, 4) is 11.4 Å². The minimum absolute atomic E-state index is 0.0456. The van der Waals surface area contributed by atoms with Crippen LogP contribution in [0.5, 0.6) is 0 Å². The SMILES string of the molecule is C=CCn1c(SCC(=O)Nc2ccccc2[N+](=O)[O-])nnc1-c1csc(C)c1. The van der Waals surface area contributed by atoms with Crippen molar-refractivity contribution >= 4 is 40.4 Å². The summed E-state index contributed by atoms with van der Waals surface area (Å²) < 4.78 is 1.89. The molecule has 0 spiro atoms. The van der Waals surface area contributed by atoms with Gasteiger partial charge in [-0.3, -0.25) is 19.5 Å². The second-order valence-corrected chi connectivity index (χ2v) is 7.82. The van der Waals surface area contributed by atoms with Crippen molar-refractivity contribution in [2.45, 2.75) is 18.6 Å². The molecule has 1 amide bonds. The van der Waals surface area contributed by atoms with E-state index in [1.807, 2.05) is 22.9 Å². The van der Waals surface area contributed by atoms with Crippen LogP contribution in [0.15, 0.2) is 53.5 Å². The molecular weight excluding hydrogens is 398 g/mol. The zero-order valence-corrected chi connectivity index (χ0v) is 16.6. The second kappa shape index (κ2) is 8.81. The van der Waals surface area contributed by atoms with Gasteiger partial charge in [0, 0.05) is 28.4 Å². The first-order valence-corrected chi connectivity index (χ1v) is 10.1. The van der Waals surface area contributed by atoms with E-state index in [0.29, 0.717) is 17.5 Å². The molecule has 0 atom stereocenters. The number of nitro groups is 1. The number of thioether (sulfide) groups is 1. The lowest BCUT2D eigenvalue weighted by molar-refractivity contribution is -0.383. The van der Waals surface area contributed by atoms with E-state index in [2.05, 4.69) is 22.1 Å². The molecule has 0 aliphatic rings. The summed E-state index contributed by atoms with van der Waals surface area (Å²) >= 11 is 2.84. The van der Waals surface area contributed by atoms with E-state index < -0.39 is 4.92 Å². The zero-order valence-electron chi connectivity index (χ0n) is 15.0. The highest BCUT2D eigenvalue weighted by molar-refractivity contribution is 7.99. The average molecular weight is 416 g/mol. The summed E-state index contributed by atoms with van der Waals surface area (Å²) in [6, 6.07) is 8.06. The number of nitrogens with zero attached hydrogens (tertiary/aromatic N) is 4. The smallest absolute Gasteiger partial charge is 0.292 e. The highest BCUT2D eigenvalue weighted by Crippen LogP contribution is 2.28. The fourth-order valence-corrected chi connectivity index (χ4v) is 3.95. The van der Waals surface area contributed by atoms with Gasteiger partial charge in [-0.1, -0.05) is 30.0 Å². The molecule has 0 bridgehead atoms. The maximum atomic E-state index is 12.3. The van der Waals surface area contributed by atoms with Crippen molar-refractivity contribution < 1.29 is 9.72 Å². The van der Waals surface area contributed by atoms with Gasteiger partial charge < -0.3 is 5.32 Å². The lowest BCUT2D eigenvalue weighted by atomic mass is 10.2. The number of hydrogen-bond acceptors (Lipinski definition) is 7. The number of carbonyl (C=O) groups is 1. The van der Waals surface area contributed by atoms with Gasteiger partial charge in [0.2, 0.25) is 5.91 Å². The van der Waals surface area contributed by atoms with Crippen LogP contribution >= 0.6 is 23.1 Å². The van der Waals surface area contributed by atoms with Crippen LogP contribution in [0.3, 0.4) is 0 Å². The Labute approximate surface area is 169 Å². The van der Waals surface area contributed by atoms with Gasteiger partial charge in [0.1, 0.15) is 5.69 Å². The molecule has 28 heavy (non-hydrogen) atoms.